The molecule has 5 nitrogen and oxygen atoms in total. The molecule has 2 aromatic carbocycles. The molecule has 0 bridgehead atoms. The van der Waals surface area contributed by atoms with Crippen LogP contribution in [0.5, 0.6) is 5.75 Å². The van der Waals surface area contributed by atoms with Gasteiger partial charge in [0.2, 0.25) is 0 Å². The van der Waals surface area contributed by atoms with Crippen molar-refractivity contribution in [2.75, 3.05) is 13.2 Å². The molecule has 0 amide bonds. The van der Waals surface area contributed by atoms with Crippen molar-refractivity contribution in [3.05, 3.63) is 64.7 Å². The fraction of sp³-hybridized carbons (Fsp3) is 0.364. The van der Waals surface area contributed by atoms with E-state index in [4.69, 9.17) is 9.84 Å². The Morgan fingerprint density at radius 1 is 1.11 bits per heavy atom. The minimum Gasteiger partial charge on any atom is -0.491 e. The zero-order valence-corrected chi connectivity index (χ0v) is 15.8. The molecule has 0 saturated heterocycles. The van der Waals surface area contributed by atoms with Crippen molar-refractivity contribution in [3.63, 3.8) is 0 Å². The van der Waals surface area contributed by atoms with E-state index in [9.17, 15) is 9.59 Å². The lowest BCUT2D eigenvalue weighted by atomic mass is 9.99. The first-order valence-electron chi connectivity index (χ1n) is 9.20. The molecule has 0 aliphatic carbocycles. The molecule has 142 valence electrons. The summed E-state index contributed by atoms with van der Waals surface area (Å²) in [6.07, 6.45) is 0.507. The number of fused-ring (bicyclic) bond motifs is 1. The lowest BCUT2D eigenvalue weighted by Crippen LogP contribution is -2.27. The Morgan fingerprint density at radius 3 is 2.52 bits per heavy atom. The minimum atomic E-state index is -0.508. The fourth-order valence-corrected chi connectivity index (χ4v) is 3.34. The Bertz CT molecular complexity index is 827. The molecule has 0 fully saturated rings. The predicted molar refractivity (Wildman–Crippen MR) is 103 cm³/mol. The predicted octanol–water partition coefficient (Wildman–Crippen LogP) is 2.78. The van der Waals surface area contributed by atoms with E-state index in [-0.39, 0.29) is 17.7 Å². The van der Waals surface area contributed by atoms with Gasteiger partial charge in [-0.3, -0.25) is 14.5 Å². The van der Waals surface area contributed by atoms with Gasteiger partial charge in [-0.05, 0) is 48.7 Å². The maximum absolute atomic E-state index is 12.3. The molecule has 27 heavy (non-hydrogen) atoms. The van der Waals surface area contributed by atoms with Crippen LogP contribution in [0, 0.1) is 0 Å². The number of hydrogen-bond acceptors (Lipinski definition) is 5. The van der Waals surface area contributed by atoms with Crippen LogP contribution in [0.3, 0.4) is 0 Å². The van der Waals surface area contributed by atoms with Crippen LogP contribution < -0.4 is 4.74 Å². The van der Waals surface area contributed by atoms with Crippen LogP contribution in [0.15, 0.2) is 42.5 Å². The molecule has 1 N–H and O–H groups in total. The van der Waals surface area contributed by atoms with E-state index in [1.807, 2.05) is 44.2 Å². The molecule has 0 atom stereocenters. The number of nitrogens with zero attached hydrogens (tertiary/aromatic N) is 1. The highest BCUT2D eigenvalue weighted by atomic mass is 16.5. The third kappa shape index (κ3) is 5.02. The van der Waals surface area contributed by atoms with E-state index in [1.54, 1.807) is 12.1 Å². The van der Waals surface area contributed by atoms with Crippen LogP contribution in [0.1, 0.15) is 40.9 Å². The lowest BCUT2D eigenvalue weighted by Gasteiger charge is -2.20. The van der Waals surface area contributed by atoms with Gasteiger partial charge in [-0.25, -0.2) is 0 Å². The number of ketones is 2. The second-order valence-electron chi connectivity index (χ2n) is 7.24. The van der Waals surface area contributed by atoms with E-state index in [0.29, 0.717) is 31.6 Å². The molecule has 0 saturated carbocycles. The molecule has 0 radical (unpaired) electrons. The Labute approximate surface area is 159 Å². The molecular formula is C22H25NO4. The average Bonchev–Trinajstić information content (AvgIpc) is 2.78. The third-order valence-corrected chi connectivity index (χ3v) is 4.55. The van der Waals surface area contributed by atoms with Gasteiger partial charge in [0, 0.05) is 25.1 Å². The molecule has 1 aliphatic rings. The summed E-state index contributed by atoms with van der Waals surface area (Å²) in [5.41, 5.74) is 3.52. The quantitative estimate of drug-likeness (QED) is 0.796. The van der Waals surface area contributed by atoms with Crippen LogP contribution in [-0.2, 0) is 24.3 Å². The van der Waals surface area contributed by atoms with Crippen LogP contribution in [0.4, 0.5) is 0 Å². The summed E-state index contributed by atoms with van der Waals surface area (Å²) < 4.78 is 5.67. The van der Waals surface area contributed by atoms with Crippen molar-refractivity contribution in [1.82, 2.24) is 4.90 Å². The molecular weight excluding hydrogens is 342 g/mol. The SMILES string of the molecule is CC(C)Oc1ccc(CN2CC(=O)Cc3ccc(C(=O)CO)cc3C2)cc1. The van der Waals surface area contributed by atoms with Crippen molar-refractivity contribution in [3.8, 4) is 5.75 Å². The topological polar surface area (TPSA) is 66.8 Å². The smallest absolute Gasteiger partial charge is 0.188 e. The summed E-state index contributed by atoms with van der Waals surface area (Å²) in [4.78, 5) is 26.2. The van der Waals surface area contributed by atoms with Crippen molar-refractivity contribution in [2.24, 2.45) is 0 Å². The lowest BCUT2D eigenvalue weighted by molar-refractivity contribution is -0.119. The van der Waals surface area contributed by atoms with E-state index >= 15 is 0 Å². The number of aliphatic hydroxyl groups excluding tert-OH is 1. The monoisotopic (exact) mass is 367 g/mol. The molecule has 1 aliphatic heterocycles. The highest BCUT2D eigenvalue weighted by Gasteiger charge is 2.21. The molecule has 5 heteroatoms. The van der Waals surface area contributed by atoms with Crippen LogP contribution in [0.25, 0.3) is 0 Å². The van der Waals surface area contributed by atoms with E-state index in [2.05, 4.69) is 4.90 Å². The third-order valence-electron chi connectivity index (χ3n) is 4.55. The van der Waals surface area contributed by atoms with Gasteiger partial charge in [-0.2, -0.15) is 0 Å². The van der Waals surface area contributed by atoms with Gasteiger partial charge in [0.05, 0.1) is 12.6 Å². The number of ether oxygens (including phenoxy) is 1. The first kappa shape index (κ1) is 19.3. The maximum Gasteiger partial charge on any atom is 0.188 e. The van der Waals surface area contributed by atoms with Crippen molar-refractivity contribution >= 4 is 11.6 Å². The second kappa shape index (κ2) is 8.46. The van der Waals surface area contributed by atoms with Gasteiger partial charge < -0.3 is 9.84 Å². The average molecular weight is 367 g/mol. The normalized spacial score (nSPS) is 14.7. The summed E-state index contributed by atoms with van der Waals surface area (Å²) in [5.74, 6) is 0.689. The minimum absolute atomic E-state index is 0.131. The number of hydrogen-bond donors (Lipinski definition) is 1. The molecule has 2 aromatic rings. The Kier molecular flexibility index (Phi) is 6.04. The van der Waals surface area contributed by atoms with E-state index in [1.165, 1.54) is 0 Å². The van der Waals surface area contributed by atoms with Gasteiger partial charge in [0.25, 0.3) is 0 Å². The Morgan fingerprint density at radius 2 is 1.85 bits per heavy atom. The first-order chi connectivity index (χ1) is 12.9. The molecule has 3 rings (SSSR count). The molecule has 0 spiro atoms. The number of rotatable bonds is 6. The summed E-state index contributed by atoms with van der Waals surface area (Å²) >= 11 is 0. The zero-order valence-electron chi connectivity index (χ0n) is 15.8. The van der Waals surface area contributed by atoms with Crippen molar-refractivity contribution in [1.29, 1.82) is 0 Å². The fourth-order valence-electron chi connectivity index (χ4n) is 3.34. The summed E-state index contributed by atoms with van der Waals surface area (Å²) in [6.45, 7) is 5.09. The van der Waals surface area contributed by atoms with Gasteiger partial charge >= 0.3 is 0 Å². The largest absolute Gasteiger partial charge is 0.491 e. The van der Waals surface area contributed by atoms with Crippen LogP contribution in [-0.4, -0.2) is 40.8 Å². The van der Waals surface area contributed by atoms with Crippen LogP contribution >= 0.6 is 0 Å². The number of aliphatic hydroxyl groups is 1. The summed E-state index contributed by atoms with van der Waals surface area (Å²) in [6, 6.07) is 13.2. The zero-order chi connectivity index (χ0) is 19.4. The van der Waals surface area contributed by atoms with Gasteiger partial charge in [-0.1, -0.05) is 24.3 Å². The number of Topliss-reactive ketones (excluding diaryl/α,β-unsaturated/α-hetero) is 2. The molecule has 1 heterocycles. The molecule has 0 aromatic heterocycles. The first-order valence-corrected chi connectivity index (χ1v) is 9.20. The second-order valence-corrected chi connectivity index (χ2v) is 7.24. The molecule has 0 unspecified atom stereocenters. The van der Waals surface area contributed by atoms with Gasteiger partial charge in [0.1, 0.15) is 12.4 Å². The van der Waals surface area contributed by atoms with E-state index < -0.39 is 6.61 Å². The van der Waals surface area contributed by atoms with Crippen LogP contribution in [0.2, 0.25) is 0 Å². The maximum atomic E-state index is 12.3. The number of benzene rings is 2. The van der Waals surface area contributed by atoms with Crippen molar-refractivity contribution in [2.45, 2.75) is 39.5 Å². The van der Waals surface area contributed by atoms with Gasteiger partial charge in [0.15, 0.2) is 11.6 Å². The highest BCUT2D eigenvalue weighted by Crippen LogP contribution is 2.22. The summed E-state index contributed by atoms with van der Waals surface area (Å²) in [5, 5.41) is 9.09. The Hall–Kier alpha value is -2.50. The highest BCUT2D eigenvalue weighted by molar-refractivity contribution is 5.97. The standard InChI is InChI=1S/C22H25NO4/c1-15(2)27-21-7-3-16(4-8-21)11-23-12-19-9-18(22(26)14-24)6-5-17(19)10-20(25)13-23/h3-9,15,24H,10-14H2,1-2H3. The van der Waals surface area contributed by atoms with Crippen molar-refractivity contribution < 1.29 is 19.4 Å². The van der Waals surface area contributed by atoms with E-state index in [0.717, 1.165) is 22.4 Å². The number of carbonyl (C=O) groups is 2. The summed E-state index contributed by atoms with van der Waals surface area (Å²) in [7, 11) is 0. The number of carbonyl (C=O) groups excluding carboxylic acids is 2. The van der Waals surface area contributed by atoms with Gasteiger partial charge in [-0.15, -0.1) is 0 Å². The Balaban J connectivity index is 1.77.